The van der Waals surface area contributed by atoms with Crippen LogP contribution in [-0.2, 0) is 4.84 Å². The molecule has 0 bridgehead atoms. The zero-order chi connectivity index (χ0) is 12.1. The fraction of sp³-hybridized carbons (Fsp3) is 0.222. The molecule has 0 aliphatic carbocycles. The van der Waals surface area contributed by atoms with Crippen LogP contribution in [0.25, 0.3) is 0 Å². The standard InChI is InChI=1S/C9H9F3N2O2/c10-6-2-1-5(7(11)8(6)12)9(15)14-3-4-16-13/h1-2H,3-4,13H2,(H,14,15). The number of benzene rings is 1. The first-order chi connectivity index (χ1) is 7.57. The van der Waals surface area contributed by atoms with E-state index in [0.29, 0.717) is 6.07 Å². The van der Waals surface area contributed by atoms with E-state index >= 15 is 0 Å². The van der Waals surface area contributed by atoms with Gasteiger partial charge in [-0.1, -0.05) is 0 Å². The van der Waals surface area contributed by atoms with Crippen LogP contribution in [0.2, 0.25) is 0 Å². The molecule has 1 rings (SSSR count). The second kappa shape index (κ2) is 5.47. The summed E-state index contributed by atoms with van der Waals surface area (Å²) in [5.41, 5.74) is -0.573. The summed E-state index contributed by atoms with van der Waals surface area (Å²) in [4.78, 5) is 15.4. The van der Waals surface area contributed by atoms with E-state index in [1.54, 1.807) is 0 Å². The molecule has 0 saturated carbocycles. The SMILES string of the molecule is NOCCNC(=O)c1ccc(F)c(F)c1F. The van der Waals surface area contributed by atoms with Crippen LogP contribution in [0.3, 0.4) is 0 Å². The van der Waals surface area contributed by atoms with Gasteiger partial charge in [-0.25, -0.2) is 19.1 Å². The predicted molar refractivity (Wildman–Crippen MR) is 48.8 cm³/mol. The minimum Gasteiger partial charge on any atom is -0.350 e. The number of halogens is 3. The van der Waals surface area contributed by atoms with Crippen LogP contribution >= 0.6 is 0 Å². The quantitative estimate of drug-likeness (QED) is 0.458. The lowest BCUT2D eigenvalue weighted by Gasteiger charge is -2.05. The first kappa shape index (κ1) is 12.5. The summed E-state index contributed by atoms with van der Waals surface area (Å²) in [6, 6.07) is 1.53. The van der Waals surface area contributed by atoms with Gasteiger partial charge in [0.2, 0.25) is 0 Å². The molecule has 88 valence electrons. The van der Waals surface area contributed by atoms with Crippen molar-refractivity contribution in [3.05, 3.63) is 35.1 Å². The zero-order valence-electron chi connectivity index (χ0n) is 8.10. The molecule has 0 radical (unpaired) electrons. The average molecular weight is 234 g/mol. The highest BCUT2D eigenvalue weighted by molar-refractivity contribution is 5.94. The highest BCUT2D eigenvalue weighted by atomic mass is 19.2. The lowest BCUT2D eigenvalue weighted by atomic mass is 10.2. The summed E-state index contributed by atoms with van der Waals surface area (Å²) in [5, 5.41) is 2.21. The molecule has 16 heavy (non-hydrogen) atoms. The predicted octanol–water partition coefficient (Wildman–Crippen LogP) is 0.724. The van der Waals surface area contributed by atoms with E-state index in [2.05, 4.69) is 10.2 Å². The summed E-state index contributed by atoms with van der Waals surface area (Å²) in [6.07, 6.45) is 0. The van der Waals surface area contributed by atoms with Crippen LogP contribution in [0.1, 0.15) is 10.4 Å². The van der Waals surface area contributed by atoms with Crippen molar-refractivity contribution in [2.24, 2.45) is 5.90 Å². The van der Waals surface area contributed by atoms with E-state index in [-0.39, 0.29) is 13.2 Å². The van der Waals surface area contributed by atoms with Gasteiger partial charge >= 0.3 is 0 Å². The number of hydrogen-bond donors (Lipinski definition) is 2. The first-order valence-electron chi connectivity index (χ1n) is 4.31. The van der Waals surface area contributed by atoms with Gasteiger partial charge in [-0.15, -0.1) is 0 Å². The van der Waals surface area contributed by atoms with Crippen LogP contribution in [0.15, 0.2) is 12.1 Å². The first-order valence-corrected chi connectivity index (χ1v) is 4.31. The molecule has 7 heteroatoms. The Morgan fingerprint density at radius 3 is 2.62 bits per heavy atom. The maximum absolute atomic E-state index is 13.1. The van der Waals surface area contributed by atoms with Crippen molar-refractivity contribution in [2.75, 3.05) is 13.2 Å². The normalized spacial score (nSPS) is 10.2. The Morgan fingerprint density at radius 2 is 2.00 bits per heavy atom. The number of carbonyl (C=O) groups is 1. The third kappa shape index (κ3) is 2.71. The third-order valence-electron chi connectivity index (χ3n) is 1.79. The fourth-order valence-electron chi connectivity index (χ4n) is 1.02. The highest BCUT2D eigenvalue weighted by Crippen LogP contribution is 2.14. The Morgan fingerprint density at radius 1 is 1.31 bits per heavy atom. The van der Waals surface area contributed by atoms with Crippen molar-refractivity contribution >= 4 is 5.91 Å². The number of amides is 1. The molecule has 0 heterocycles. The van der Waals surface area contributed by atoms with Crippen molar-refractivity contribution in [2.45, 2.75) is 0 Å². The van der Waals surface area contributed by atoms with E-state index in [4.69, 9.17) is 5.90 Å². The van der Waals surface area contributed by atoms with Crippen LogP contribution < -0.4 is 11.2 Å². The zero-order valence-corrected chi connectivity index (χ0v) is 8.10. The summed E-state index contributed by atoms with van der Waals surface area (Å²) >= 11 is 0. The molecule has 0 fully saturated rings. The van der Waals surface area contributed by atoms with Crippen LogP contribution in [-0.4, -0.2) is 19.1 Å². The van der Waals surface area contributed by atoms with E-state index in [1.807, 2.05) is 0 Å². The molecule has 0 unspecified atom stereocenters. The van der Waals surface area contributed by atoms with Gasteiger partial charge in [0.25, 0.3) is 5.91 Å². The average Bonchev–Trinajstić information content (AvgIpc) is 2.26. The molecular weight excluding hydrogens is 225 g/mol. The number of hydrogen-bond acceptors (Lipinski definition) is 3. The summed E-state index contributed by atoms with van der Waals surface area (Å²) in [6.45, 7) is 0.0603. The van der Waals surface area contributed by atoms with Gasteiger partial charge < -0.3 is 10.2 Å². The van der Waals surface area contributed by atoms with Crippen molar-refractivity contribution in [3.63, 3.8) is 0 Å². The number of nitrogens with two attached hydrogens (primary N) is 1. The minimum atomic E-state index is -1.68. The van der Waals surface area contributed by atoms with Gasteiger partial charge in [-0.2, -0.15) is 0 Å². The molecule has 4 nitrogen and oxygen atoms in total. The monoisotopic (exact) mass is 234 g/mol. The van der Waals surface area contributed by atoms with E-state index in [0.717, 1.165) is 6.07 Å². The van der Waals surface area contributed by atoms with Crippen molar-refractivity contribution in [3.8, 4) is 0 Å². The highest BCUT2D eigenvalue weighted by Gasteiger charge is 2.18. The third-order valence-corrected chi connectivity index (χ3v) is 1.79. The Hall–Kier alpha value is -1.60. The molecule has 0 spiro atoms. The fourth-order valence-corrected chi connectivity index (χ4v) is 1.02. The van der Waals surface area contributed by atoms with Gasteiger partial charge in [0.05, 0.1) is 12.2 Å². The second-order valence-electron chi connectivity index (χ2n) is 2.85. The number of carbonyl (C=O) groups excluding carboxylic acids is 1. The van der Waals surface area contributed by atoms with Gasteiger partial charge in [-0.3, -0.25) is 4.79 Å². The molecule has 0 saturated heterocycles. The molecule has 1 aromatic carbocycles. The number of rotatable bonds is 4. The molecule has 1 aromatic rings. The smallest absolute Gasteiger partial charge is 0.254 e. The number of nitrogens with one attached hydrogen (secondary N) is 1. The van der Waals surface area contributed by atoms with E-state index in [9.17, 15) is 18.0 Å². The van der Waals surface area contributed by atoms with E-state index in [1.165, 1.54) is 0 Å². The lowest BCUT2D eigenvalue weighted by Crippen LogP contribution is -2.29. The Kier molecular flexibility index (Phi) is 4.27. The van der Waals surface area contributed by atoms with E-state index < -0.39 is 28.9 Å². The molecule has 3 N–H and O–H groups in total. The van der Waals surface area contributed by atoms with Crippen molar-refractivity contribution in [1.29, 1.82) is 0 Å². The van der Waals surface area contributed by atoms with Crippen molar-refractivity contribution in [1.82, 2.24) is 5.32 Å². The van der Waals surface area contributed by atoms with Crippen LogP contribution in [0.4, 0.5) is 13.2 Å². The van der Waals surface area contributed by atoms with Gasteiger partial charge in [0, 0.05) is 6.54 Å². The molecule has 0 atom stereocenters. The lowest BCUT2D eigenvalue weighted by molar-refractivity contribution is 0.0911. The molecule has 0 aliphatic rings. The van der Waals surface area contributed by atoms with Gasteiger partial charge in [0.1, 0.15) is 0 Å². The second-order valence-corrected chi connectivity index (χ2v) is 2.85. The topological polar surface area (TPSA) is 64.3 Å². The van der Waals surface area contributed by atoms with Gasteiger partial charge in [0.15, 0.2) is 17.5 Å². The summed E-state index contributed by atoms with van der Waals surface area (Å²) < 4.78 is 38.4. The maximum Gasteiger partial charge on any atom is 0.254 e. The molecule has 0 aromatic heterocycles. The molecule has 0 aliphatic heterocycles. The minimum absolute atomic E-state index is 0.0248. The van der Waals surface area contributed by atoms with Crippen LogP contribution in [0.5, 0.6) is 0 Å². The molecular formula is C9H9F3N2O2. The Bertz CT molecular complexity index is 399. The Balaban J connectivity index is 2.80. The molecule has 1 amide bonds. The largest absolute Gasteiger partial charge is 0.350 e. The van der Waals surface area contributed by atoms with Gasteiger partial charge in [-0.05, 0) is 12.1 Å². The maximum atomic E-state index is 13.1. The summed E-state index contributed by atoms with van der Waals surface area (Å²) in [5.74, 6) is -0.723. The van der Waals surface area contributed by atoms with Crippen LogP contribution in [0, 0.1) is 17.5 Å². The Labute approximate surface area is 89.1 Å². The summed E-state index contributed by atoms with van der Waals surface area (Å²) in [7, 11) is 0. The van der Waals surface area contributed by atoms with Crippen molar-refractivity contribution < 1.29 is 22.8 Å².